The second-order valence-corrected chi connectivity index (χ2v) is 6.69. The number of aliphatic hydroxyl groups excluding tert-OH is 1. The van der Waals surface area contributed by atoms with Crippen molar-refractivity contribution >= 4 is 5.78 Å². The lowest BCUT2D eigenvalue weighted by Crippen LogP contribution is -2.54. The van der Waals surface area contributed by atoms with E-state index in [4.69, 9.17) is 4.74 Å². The van der Waals surface area contributed by atoms with Gasteiger partial charge in [0, 0.05) is 5.92 Å². The topological polar surface area (TPSA) is 66.8 Å². The molecule has 0 aromatic rings. The summed E-state index contributed by atoms with van der Waals surface area (Å²) in [7, 11) is 0. The standard InChI is InChI=1S/C19H26O4/c1-5-12(2)8-13(3)6-7-15-9-14-10-17(20)19(4,22)18(21)16(14)11-23-15/h6-10,12,16,18,21-22H,5,11H2,1-4H3/b7-6+,13-8-/t12-,16-,18+,19-/m0/s1. The molecule has 0 amide bonds. The predicted octanol–water partition coefficient (Wildman–Crippen LogP) is 2.69. The molecule has 0 saturated heterocycles. The number of allylic oxidation sites excluding steroid dienone is 5. The Morgan fingerprint density at radius 3 is 2.87 bits per heavy atom. The molecule has 4 nitrogen and oxygen atoms in total. The molecule has 1 heterocycles. The van der Waals surface area contributed by atoms with Gasteiger partial charge in [-0.15, -0.1) is 0 Å². The minimum absolute atomic E-state index is 0.251. The number of carbonyl (C=O) groups is 1. The molecule has 0 spiro atoms. The summed E-state index contributed by atoms with van der Waals surface area (Å²) in [5, 5.41) is 20.2. The molecule has 4 heteroatoms. The molecule has 2 aliphatic rings. The first kappa shape index (κ1) is 17.7. The zero-order chi connectivity index (χ0) is 17.2. The van der Waals surface area contributed by atoms with Gasteiger partial charge in [-0.2, -0.15) is 0 Å². The van der Waals surface area contributed by atoms with Crippen LogP contribution < -0.4 is 0 Å². The normalized spacial score (nSPS) is 33.0. The van der Waals surface area contributed by atoms with Gasteiger partial charge in [0.05, 0.1) is 12.7 Å². The van der Waals surface area contributed by atoms with Gasteiger partial charge in [-0.1, -0.05) is 38.0 Å². The van der Waals surface area contributed by atoms with Crippen LogP contribution in [0.4, 0.5) is 0 Å². The zero-order valence-corrected chi connectivity index (χ0v) is 14.2. The lowest BCUT2D eigenvalue weighted by molar-refractivity contribution is -0.150. The van der Waals surface area contributed by atoms with E-state index in [1.165, 1.54) is 13.0 Å². The molecule has 0 aromatic heterocycles. The fourth-order valence-corrected chi connectivity index (χ4v) is 2.78. The van der Waals surface area contributed by atoms with Crippen molar-refractivity contribution in [3.63, 3.8) is 0 Å². The molecule has 1 aliphatic carbocycles. The van der Waals surface area contributed by atoms with Crippen molar-refractivity contribution in [3.8, 4) is 0 Å². The van der Waals surface area contributed by atoms with Crippen molar-refractivity contribution in [1.29, 1.82) is 0 Å². The van der Waals surface area contributed by atoms with Crippen LogP contribution in [0.25, 0.3) is 0 Å². The van der Waals surface area contributed by atoms with E-state index in [1.54, 1.807) is 6.08 Å². The van der Waals surface area contributed by atoms with Gasteiger partial charge >= 0.3 is 0 Å². The van der Waals surface area contributed by atoms with E-state index >= 15 is 0 Å². The van der Waals surface area contributed by atoms with Gasteiger partial charge in [0.1, 0.15) is 5.76 Å². The van der Waals surface area contributed by atoms with Gasteiger partial charge in [0.15, 0.2) is 11.4 Å². The summed E-state index contributed by atoms with van der Waals surface area (Å²) in [6, 6.07) is 0. The number of aliphatic hydroxyl groups is 2. The minimum atomic E-state index is -1.74. The van der Waals surface area contributed by atoms with E-state index in [-0.39, 0.29) is 12.5 Å². The van der Waals surface area contributed by atoms with Crippen molar-refractivity contribution in [3.05, 3.63) is 47.3 Å². The number of rotatable bonds is 4. The minimum Gasteiger partial charge on any atom is -0.493 e. The Kier molecular flexibility index (Phi) is 5.27. The van der Waals surface area contributed by atoms with Crippen LogP contribution in [0.1, 0.15) is 34.1 Å². The van der Waals surface area contributed by atoms with Crippen LogP contribution in [0, 0.1) is 11.8 Å². The van der Waals surface area contributed by atoms with E-state index in [9.17, 15) is 15.0 Å². The van der Waals surface area contributed by atoms with Crippen molar-refractivity contribution < 1.29 is 19.7 Å². The van der Waals surface area contributed by atoms with Gasteiger partial charge in [0.25, 0.3) is 0 Å². The average molecular weight is 318 g/mol. The second kappa shape index (κ2) is 6.85. The van der Waals surface area contributed by atoms with Gasteiger partial charge < -0.3 is 14.9 Å². The van der Waals surface area contributed by atoms with E-state index in [1.807, 2.05) is 19.1 Å². The average Bonchev–Trinajstić information content (AvgIpc) is 2.51. The Morgan fingerprint density at radius 1 is 1.52 bits per heavy atom. The monoisotopic (exact) mass is 318 g/mol. The molecule has 4 atom stereocenters. The Hall–Kier alpha value is -1.65. The number of ether oxygens (including phenoxy) is 1. The molecule has 2 N–H and O–H groups in total. The molecule has 0 aromatic carbocycles. The fourth-order valence-electron chi connectivity index (χ4n) is 2.78. The Labute approximate surface area is 137 Å². The molecular formula is C19H26O4. The van der Waals surface area contributed by atoms with Crippen LogP contribution in [0.15, 0.2) is 47.3 Å². The van der Waals surface area contributed by atoms with Gasteiger partial charge in [-0.05, 0) is 43.6 Å². The number of fused-ring (bicyclic) bond motifs is 1. The van der Waals surface area contributed by atoms with Crippen LogP contribution in [-0.2, 0) is 9.53 Å². The zero-order valence-electron chi connectivity index (χ0n) is 14.2. The van der Waals surface area contributed by atoms with Crippen LogP contribution >= 0.6 is 0 Å². The van der Waals surface area contributed by atoms with E-state index in [0.29, 0.717) is 17.3 Å². The molecule has 0 unspecified atom stereocenters. The Balaban J connectivity index is 2.18. The third-order valence-electron chi connectivity index (χ3n) is 4.62. The van der Waals surface area contributed by atoms with Crippen LogP contribution in [0.2, 0.25) is 0 Å². The molecule has 0 fully saturated rings. The van der Waals surface area contributed by atoms with Crippen molar-refractivity contribution in [2.75, 3.05) is 6.61 Å². The van der Waals surface area contributed by atoms with Crippen LogP contribution in [-0.4, -0.2) is 34.3 Å². The molecule has 126 valence electrons. The van der Waals surface area contributed by atoms with E-state index < -0.39 is 17.5 Å². The highest BCUT2D eigenvalue weighted by atomic mass is 16.5. The smallest absolute Gasteiger partial charge is 0.189 e. The largest absolute Gasteiger partial charge is 0.493 e. The summed E-state index contributed by atoms with van der Waals surface area (Å²) >= 11 is 0. The van der Waals surface area contributed by atoms with E-state index in [2.05, 4.69) is 19.9 Å². The third kappa shape index (κ3) is 3.82. The molecule has 0 radical (unpaired) electrons. The molecule has 1 aliphatic heterocycles. The quantitative estimate of drug-likeness (QED) is 0.782. The first-order chi connectivity index (χ1) is 10.8. The van der Waals surface area contributed by atoms with Crippen LogP contribution in [0.3, 0.4) is 0 Å². The maximum atomic E-state index is 11.9. The van der Waals surface area contributed by atoms with Crippen LogP contribution in [0.5, 0.6) is 0 Å². The Bertz CT molecular complexity index is 592. The Morgan fingerprint density at radius 2 is 2.22 bits per heavy atom. The number of ketones is 1. The summed E-state index contributed by atoms with van der Waals surface area (Å²) in [4.78, 5) is 11.9. The van der Waals surface area contributed by atoms with Crippen molar-refractivity contribution in [2.24, 2.45) is 11.8 Å². The second-order valence-electron chi connectivity index (χ2n) is 6.69. The van der Waals surface area contributed by atoms with Gasteiger partial charge in [-0.25, -0.2) is 0 Å². The first-order valence-electron chi connectivity index (χ1n) is 8.13. The maximum absolute atomic E-state index is 11.9. The molecule has 2 rings (SSSR count). The van der Waals surface area contributed by atoms with Gasteiger partial charge in [-0.3, -0.25) is 4.79 Å². The molecule has 23 heavy (non-hydrogen) atoms. The summed E-state index contributed by atoms with van der Waals surface area (Å²) in [5.74, 6) is 0.342. The SMILES string of the molecule is CC[C@H](C)/C=C(C)\C=C\C1=CC2=CC(=O)[C@](C)(O)[C@H](O)[C@H]2CO1. The molecular weight excluding hydrogens is 292 g/mol. The van der Waals surface area contributed by atoms with Gasteiger partial charge in [0.2, 0.25) is 0 Å². The lowest BCUT2D eigenvalue weighted by Gasteiger charge is -2.39. The van der Waals surface area contributed by atoms with E-state index in [0.717, 1.165) is 12.0 Å². The number of carbonyl (C=O) groups excluding carboxylic acids is 1. The summed E-state index contributed by atoms with van der Waals surface area (Å²) < 4.78 is 5.65. The highest BCUT2D eigenvalue weighted by molar-refractivity contribution is 5.99. The summed E-state index contributed by atoms with van der Waals surface area (Å²) in [6.07, 6.45) is 9.17. The lowest BCUT2D eigenvalue weighted by atomic mass is 9.75. The summed E-state index contributed by atoms with van der Waals surface area (Å²) in [5.41, 5.74) is 0.125. The third-order valence-corrected chi connectivity index (χ3v) is 4.62. The maximum Gasteiger partial charge on any atom is 0.189 e. The first-order valence-corrected chi connectivity index (χ1v) is 8.13. The summed E-state index contributed by atoms with van der Waals surface area (Å²) in [6.45, 7) is 7.96. The van der Waals surface area contributed by atoms with Crippen molar-refractivity contribution in [2.45, 2.75) is 45.8 Å². The fraction of sp³-hybridized carbons (Fsp3) is 0.526. The number of hydrogen-bond donors (Lipinski definition) is 2. The highest BCUT2D eigenvalue weighted by Crippen LogP contribution is 2.35. The van der Waals surface area contributed by atoms with Crippen molar-refractivity contribution in [1.82, 2.24) is 0 Å². The number of hydrogen-bond acceptors (Lipinski definition) is 4. The molecule has 0 saturated carbocycles. The molecule has 0 bridgehead atoms. The predicted molar refractivity (Wildman–Crippen MR) is 89.6 cm³/mol. The highest BCUT2D eigenvalue weighted by Gasteiger charge is 2.47.